The molecule has 0 radical (unpaired) electrons. The van der Waals surface area contributed by atoms with E-state index in [1.165, 1.54) is 0 Å². The Labute approximate surface area is 384 Å². The van der Waals surface area contributed by atoms with E-state index in [1.54, 1.807) is 0 Å². The van der Waals surface area contributed by atoms with Crippen molar-refractivity contribution in [3.63, 3.8) is 0 Å². The first-order valence-corrected chi connectivity index (χ1v) is 22.9. The van der Waals surface area contributed by atoms with Gasteiger partial charge in [-0.15, -0.1) is 0 Å². The lowest BCUT2D eigenvalue weighted by Crippen LogP contribution is -2.36. The summed E-state index contributed by atoms with van der Waals surface area (Å²) in [4.78, 5) is 33.4. The van der Waals surface area contributed by atoms with Crippen molar-refractivity contribution in [3.05, 3.63) is 101 Å². The molecule has 2 amide bonds. The number of fused-ring (bicyclic) bond motifs is 4. The van der Waals surface area contributed by atoms with Crippen molar-refractivity contribution in [1.82, 2.24) is 21.3 Å². The Kier molecular flexibility index (Phi) is 17.4. The van der Waals surface area contributed by atoms with Crippen LogP contribution in [0.1, 0.15) is 68.1 Å². The van der Waals surface area contributed by atoms with Crippen LogP contribution in [0.15, 0.2) is 72.8 Å². The number of unbranched alkanes of at least 4 members (excludes halogenated alkanes) is 4. The third-order valence-electron chi connectivity index (χ3n) is 12.0. The standard InChI is InChI=1S/C52H64N10O3/c1-54-35-37-16-20-41-45(34-53)42-21-17-38(36-55-2)31-47(42)61(46(41)30-37)26-12-8-10-14-50(63)57-24-28-65-29-25-58-51(64)15-11-9-13-27-62-48-32-39(59(4)5)18-22-43(48)52(56-3)44-23-19-40(60(6)7)33-49(44)62/h16-23,30-33,54-55H,8-15,24-29,35-36H2,1-2,4-7H3/p+2. The summed E-state index contributed by atoms with van der Waals surface area (Å²) in [6.07, 6.45) is 6.04. The maximum Gasteiger partial charge on any atom is 0.220 e. The highest BCUT2D eigenvalue weighted by atomic mass is 16.5. The molecule has 0 aliphatic carbocycles. The van der Waals surface area contributed by atoms with Gasteiger partial charge in [-0.1, -0.05) is 24.3 Å². The van der Waals surface area contributed by atoms with Crippen LogP contribution < -0.4 is 40.2 Å². The molecule has 4 aromatic carbocycles. The minimum atomic E-state index is 0.00836. The highest BCUT2D eigenvalue weighted by molar-refractivity contribution is 6.06. The van der Waals surface area contributed by atoms with Crippen LogP contribution in [0.5, 0.6) is 0 Å². The summed E-state index contributed by atoms with van der Waals surface area (Å²) in [5.41, 5.74) is 10.0. The first kappa shape index (κ1) is 48.1. The molecule has 2 heterocycles. The molecule has 2 aromatic heterocycles. The Morgan fingerprint density at radius 2 is 1.06 bits per heavy atom. The van der Waals surface area contributed by atoms with Gasteiger partial charge in [-0.3, -0.25) is 9.59 Å². The van der Waals surface area contributed by atoms with E-state index in [9.17, 15) is 14.9 Å². The lowest BCUT2D eigenvalue weighted by atomic mass is 9.99. The minimum Gasteiger partial charge on any atom is -0.378 e. The summed E-state index contributed by atoms with van der Waals surface area (Å²) in [5.74, 6) is 0.0168. The molecule has 0 unspecified atom stereocenters. The van der Waals surface area contributed by atoms with Crippen LogP contribution in [0.3, 0.4) is 0 Å². The highest BCUT2D eigenvalue weighted by Crippen LogP contribution is 2.35. The smallest absolute Gasteiger partial charge is 0.220 e. The van der Waals surface area contributed by atoms with Crippen molar-refractivity contribution in [1.29, 1.82) is 5.26 Å². The zero-order valence-electron chi connectivity index (χ0n) is 39.1. The number of amides is 2. The predicted molar refractivity (Wildman–Crippen MR) is 262 cm³/mol. The SMILES string of the molecule is [C-]#[N+]c1c2ccc(N(C)C)cc2[n+](CCCCCC(=O)NCCOCCNC(=O)CCCCC[n+]2c3cc(CNC)ccc3c(C#N)c3ccc(CNC)cc32)c2cc(N(C)C)ccc12. The van der Waals surface area contributed by atoms with E-state index in [4.69, 9.17) is 11.3 Å². The van der Waals surface area contributed by atoms with Crippen molar-refractivity contribution in [2.24, 2.45) is 0 Å². The number of nitrogens with zero attached hydrogens (tertiary/aromatic N) is 6. The Morgan fingerprint density at radius 3 is 1.46 bits per heavy atom. The van der Waals surface area contributed by atoms with E-state index in [0.29, 0.717) is 50.4 Å². The molecule has 0 aliphatic heterocycles. The van der Waals surface area contributed by atoms with Gasteiger partial charge >= 0.3 is 0 Å². The monoisotopic (exact) mass is 879 g/mol. The molecule has 13 nitrogen and oxygen atoms in total. The first-order valence-electron chi connectivity index (χ1n) is 22.9. The van der Waals surface area contributed by atoms with Crippen molar-refractivity contribution in [2.75, 3.05) is 78.4 Å². The summed E-state index contributed by atoms with van der Waals surface area (Å²) in [6.45, 7) is 12.7. The number of hydrogen-bond donors (Lipinski definition) is 4. The normalized spacial score (nSPS) is 11.3. The number of carbonyl (C=O) groups is 2. The van der Waals surface area contributed by atoms with E-state index in [-0.39, 0.29) is 11.8 Å². The van der Waals surface area contributed by atoms with Crippen LogP contribution in [0.4, 0.5) is 17.1 Å². The summed E-state index contributed by atoms with van der Waals surface area (Å²) >= 11 is 0. The lowest BCUT2D eigenvalue weighted by Gasteiger charge is -2.16. The number of rotatable bonds is 24. The summed E-state index contributed by atoms with van der Waals surface area (Å²) in [6, 6.07) is 27.7. The van der Waals surface area contributed by atoms with E-state index in [0.717, 1.165) is 131 Å². The molecule has 0 fully saturated rings. The van der Waals surface area contributed by atoms with E-state index >= 15 is 0 Å². The largest absolute Gasteiger partial charge is 0.378 e. The number of pyridine rings is 2. The molecule has 340 valence electrons. The van der Waals surface area contributed by atoms with Gasteiger partial charge in [-0.25, -0.2) is 4.85 Å². The predicted octanol–water partition coefficient (Wildman–Crippen LogP) is 6.94. The number of nitriles is 1. The molecule has 13 heteroatoms. The Morgan fingerprint density at radius 1 is 0.631 bits per heavy atom. The fourth-order valence-electron chi connectivity index (χ4n) is 8.64. The van der Waals surface area contributed by atoms with Gasteiger partial charge in [0, 0.05) is 116 Å². The Bertz CT molecular complexity index is 2580. The maximum atomic E-state index is 12.6. The molecule has 6 aromatic rings. The highest BCUT2D eigenvalue weighted by Gasteiger charge is 2.24. The zero-order valence-corrected chi connectivity index (χ0v) is 39.1. The van der Waals surface area contributed by atoms with Crippen LogP contribution in [0.25, 0.3) is 48.5 Å². The van der Waals surface area contributed by atoms with Crippen molar-refractivity contribution >= 4 is 72.5 Å². The van der Waals surface area contributed by atoms with Crippen molar-refractivity contribution in [3.8, 4) is 6.07 Å². The van der Waals surface area contributed by atoms with Crippen LogP contribution in [0, 0.1) is 17.9 Å². The topological polar surface area (TPSA) is 134 Å². The molecular formula is C52H66N10O3+2. The third-order valence-corrected chi connectivity index (χ3v) is 12.0. The summed E-state index contributed by atoms with van der Waals surface area (Å²) in [7, 11) is 12.0. The molecular weight excluding hydrogens is 813 g/mol. The van der Waals surface area contributed by atoms with Gasteiger partial charge in [0.15, 0.2) is 0 Å². The number of aryl methyl sites for hydroxylation is 2. The van der Waals surface area contributed by atoms with Gasteiger partial charge < -0.3 is 35.8 Å². The average Bonchev–Trinajstić information content (AvgIpc) is 3.30. The number of benzene rings is 4. The molecule has 6 rings (SSSR count). The van der Waals surface area contributed by atoms with Gasteiger partial charge in [0.25, 0.3) is 0 Å². The molecule has 0 saturated carbocycles. The number of anilines is 2. The van der Waals surface area contributed by atoms with Crippen LogP contribution in [-0.2, 0) is 40.5 Å². The number of aromatic nitrogens is 2. The van der Waals surface area contributed by atoms with Gasteiger partial charge in [-0.2, -0.15) is 14.4 Å². The lowest BCUT2D eigenvalue weighted by molar-refractivity contribution is -0.646. The van der Waals surface area contributed by atoms with E-state index < -0.39 is 0 Å². The van der Waals surface area contributed by atoms with Crippen LogP contribution in [0.2, 0.25) is 0 Å². The number of carbonyl (C=O) groups excluding carboxylic acids is 2. The fraction of sp³-hybridized carbons (Fsp3) is 0.423. The quantitative estimate of drug-likeness (QED) is 0.0223. The molecule has 0 atom stereocenters. The van der Waals surface area contributed by atoms with Crippen molar-refractivity contribution in [2.45, 2.75) is 77.5 Å². The van der Waals surface area contributed by atoms with Gasteiger partial charge in [0.2, 0.25) is 39.6 Å². The molecule has 0 spiro atoms. The number of ether oxygens (including phenoxy) is 1. The van der Waals surface area contributed by atoms with Crippen molar-refractivity contribution < 1.29 is 23.5 Å². The second-order valence-electron chi connectivity index (χ2n) is 17.1. The van der Waals surface area contributed by atoms with Crippen LogP contribution in [-0.4, -0.2) is 80.4 Å². The zero-order chi connectivity index (χ0) is 46.3. The average molecular weight is 879 g/mol. The minimum absolute atomic E-state index is 0.00836. The molecule has 0 saturated heterocycles. The Balaban J connectivity index is 0.889. The fourth-order valence-corrected chi connectivity index (χ4v) is 8.64. The van der Waals surface area contributed by atoms with E-state index in [2.05, 4.69) is 124 Å². The molecule has 0 aliphatic rings. The maximum absolute atomic E-state index is 12.6. The second-order valence-corrected chi connectivity index (χ2v) is 17.1. The summed E-state index contributed by atoms with van der Waals surface area (Å²) < 4.78 is 10.4. The molecule has 65 heavy (non-hydrogen) atoms. The third kappa shape index (κ3) is 12.1. The van der Waals surface area contributed by atoms with E-state index in [1.807, 2.05) is 42.3 Å². The number of nitrogens with one attached hydrogen (secondary N) is 4. The molecule has 4 N–H and O–H groups in total. The van der Waals surface area contributed by atoms with Crippen LogP contribution >= 0.6 is 0 Å². The second kappa shape index (κ2) is 23.5. The molecule has 0 bridgehead atoms. The van der Waals surface area contributed by atoms with Gasteiger partial charge in [0.1, 0.15) is 19.2 Å². The van der Waals surface area contributed by atoms with Gasteiger partial charge in [-0.05, 0) is 75.2 Å². The number of hydrogen-bond acceptors (Lipinski definition) is 8. The summed E-state index contributed by atoms with van der Waals surface area (Å²) in [5, 5.41) is 26.4. The first-order chi connectivity index (χ1) is 31.6. The van der Waals surface area contributed by atoms with Gasteiger partial charge in [0.05, 0.1) is 46.9 Å². The Hall–Kier alpha value is -6.38.